The molecule has 1 aromatic rings. The van der Waals surface area contributed by atoms with E-state index in [1.807, 2.05) is 16.9 Å². The Bertz CT molecular complexity index is 621. The fraction of sp³-hybridized carbons (Fsp3) is 0.789. The van der Waals surface area contributed by atoms with Crippen molar-refractivity contribution in [1.29, 1.82) is 0 Å². The van der Waals surface area contributed by atoms with Crippen molar-refractivity contribution in [3.63, 3.8) is 0 Å². The summed E-state index contributed by atoms with van der Waals surface area (Å²) in [5.74, 6) is 3.50. The fourth-order valence-corrected chi connectivity index (χ4v) is 6.20. The van der Waals surface area contributed by atoms with E-state index >= 15 is 0 Å². The van der Waals surface area contributed by atoms with E-state index in [-0.39, 0.29) is 5.91 Å². The van der Waals surface area contributed by atoms with Gasteiger partial charge in [-0.3, -0.25) is 9.48 Å². The fourth-order valence-electron chi connectivity index (χ4n) is 6.20. The number of fused-ring (bicyclic) bond motifs is 5. The van der Waals surface area contributed by atoms with Gasteiger partial charge in [-0.2, -0.15) is 5.10 Å². The highest BCUT2D eigenvalue weighted by atomic mass is 16.2. The van der Waals surface area contributed by atoms with Crippen molar-refractivity contribution in [1.82, 2.24) is 20.4 Å². The summed E-state index contributed by atoms with van der Waals surface area (Å²) < 4.78 is 1.98. The highest BCUT2D eigenvalue weighted by Crippen LogP contribution is 2.58. The van der Waals surface area contributed by atoms with E-state index in [4.69, 9.17) is 0 Å². The molecule has 4 fully saturated rings. The van der Waals surface area contributed by atoms with Gasteiger partial charge in [0.1, 0.15) is 5.69 Å². The molecule has 5 rings (SSSR count). The normalized spacial score (nSPS) is 40.7. The molecule has 0 spiro atoms. The number of aromatic nitrogens is 2. The number of carbonyl (C=O) groups is 1. The number of carbonyl (C=O) groups excluding carboxylic acids is 1. The van der Waals surface area contributed by atoms with Gasteiger partial charge in [-0.05, 0) is 74.8 Å². The topological polar surface area (TPSA) is 59.0 Å². The van der Waals surface area contributed by atoms with Crippen LogP contribution in [-0.2, 0) is 0 Å². The second-order valence-corrected chi connectivity index (χ2v) is 8.42. The zero-order valence-electron chi connectivity index (χ0n) is 14.3. The number of piperidine rings is 1. The van der Waals surface area contributed by atoms with Gasteiger partial charge in [0.2, 0.25) is 0 Å². The van der Waals surface area contributed by atoms with Crippen LogP contribution in [0, 0.1) is 23.7 Å². The van der Waals surface area contributed by atoms with Gasteiger partial charge in [-0.25, -0.2) is 0 Å². The third-order valence-corrected chi connectivity index (χ3v) is 7.23. The summed E-state index contributed by atoms with van der Waals surface area (Å²) in [7, 11) is 0. The molecule has 1 aliphatic heterocycles. The highest BCUT2D eigenvalue weighted by Gasteiger charge is 2.54. The van der Waals surface area contributed by atoms with Crippen molar-refractivity contribution in [2.45, 2.75) is 57.0 Å². The molecule has 2 N–H and O–H groups in total. The van der Waals surface area contributed by atoms with E-state index in [0.29, 0.717) is 17.8 Å². The summed E-state index contributed by atoms with van der Waals surface area (Å²) in [5, 5.41) is 11.3. The molecule has 130 valence electrons. The monoisotopic (exact) mass is 328 g/mol. The summed E-state index contributed by atoms with van der Waals surface area (Å²) in [6, 6.07) is 2.67. The van der Waals surface area contributed by atoms with Gasteiger partial charge in [0, 0.05) is 18.8 Å². The van der Waals surface area contributed by atoms with Crippen molar-refractivity contribution in [2.75, 3.05) is 13.1 Å². The molecule has 2 heterocycles. The van der Waals surface area contributed by atoms with E-state index in [1.165, 1.54) is 38.5 Å². The molecule has 1 saturated heterocycles. The lowest BCUT2D eigenvalue weighted by Gasteiger charge is -2.31. The Kier molecular flexibility index (Phi) is 3.65. The second kappa shape index (κ2) is 5.87. The Hall–Kier alpha value is -1.36. The number of rotatable bonds is 3. The molecule has 24 heavy (non-hydrogen) atoms. The lowest BCUT2D eigenvalue weighted by Crippen LogP contribution is -2.42. The zero-order chi connectivity index (χ0) is 16.1. The number of hydrogen-bond acceptors (Lipinski definition) is 3. The van der Waals surface area contributed by atoms with Crippen molar-refractivity contribution in [3.8, 4) is 0 Å². The molecular formula is C19H28N4O. The van der Waals surface area contributed by atoms with Crippen molar-refractivity contribution >= 4 is 5.91 Å². The SMILES string of the molecule is O=C(NC1CC2CC1C1CCCC21)c1ccn(C2CCCNC2)n1. The summed E-state index contributed by atoms with van der Waals surface area (Å²) in [4.78, 5) is 12.7. The van der Waals surface area contributed by atoms with Gasteiger partial charge >= 0.3 is 0 Å². The maximum absolute atomic E-state index is 12.7. The molecule has 4 aliphatic rings. The largest absolute Gasteiger partial charge is 0.348 e. The van der Waals surface area contributed by atoms with Gasteiger partial charge in [0.05, 0.1) is 6.04 Å². The zero-order valence-corrected chi connectivity index (χ0v) is 14.3. The number of hydrogen-bond donors (Lipinski definition) is 2. The van der Waals surface area contributed by atoms with Gasteiger partial charge in [0.25, 0.3) is 5.91 Å². The van der Waals surface area contributed by atoms with Crippen LogP contribution in [0.25, 0.3) is 0 Å². The Labute approximate surface area is 143 Å². The lowest BCUT2D eigenvalue weighted by molar-refractivity contribution is 0.0894. The van der Waals surface area contributed by atoms with Crippen LogP contribution < -0.4 is 10.6 Å². The Balaban J connectivity index is 1.24. The van der Waals surface area contributed by atoms with Crippen LogP contribution >= 0.6 is 0 Å². The molecule has 2 bridgehead atoms. The van der Waals surface area contributed by atoms with E-state index in [9.17, 15) is 4.79 Å². The minimum absolute atomic E-state index is 0.0321. The number of amides is 1. The van der Waals surface area contributed by atoms with Gasteiger partial charge in [0.15, 0.2) is 0 Å². The summed E-state index contributed by atoms with van der Waals surface area (Å²) in [5.41, 5.74) is 0.589. The standard InChI is InChI=1S/C19H28N4O/c24-19(17-6-8-23(22-17)13-3-2-7-20-11-13)21-18-10-12-9-16(18)15-5-1-4-14(12)15/h6,8,12-16,18,20H,1-5,7,9-11H2,(H,21,24). The van der Waals surface area contributed by atoms with E-state index < -0.39 is 0 Å². The third-order valence-electron chi connectivity index (χ3n) is 7.23. The minimum atomic E-state index is 0.0321. The Morgan fingerprint density at radius 3 is 2.96 bits per heavy atom. The van der Waals surface area contributed by atoms with E-state index in [1.54, 1.807) is 0 Å². The average molecular weight is 328 g/mol. The smallest absolute Gasteiger partial charge is 0.272 e. The molecule has 0 aromatic carbocycles. The first kappa shape index (κ1) is 14.9. The molecule has 1 amide bonds. The van der Waals surface area contributed by atoms with Gasteiger partial charge in [-0.15, -0.1) is 0 Å². The quantitative estimate of drug-likeness (QED) is 0.895. The molecule has 6 unspecified atom stereocenters. The first-order chi connectivity index (χ1) is 11.8. The van der Waals surface area contributed by atoms with Gasteiger partial charge < -0.3 is 10.6 Å². The molecule has 0 radical (unpaired) electrons. The van der Waals surface area contributed by atoms with Crippen molar-refractivity contribution < 1.29 is 4.79 Å². The predicted octanol–water partition coefficient (Wildman–Crippen LogP) is 2.36. The summed E-state index contributed by atoms with van der Waals surface area (Å²) in [6.07, 6.45) is 11.1. The molecule has 3 aliphatic carbocycles. The van der Waals surface area contributed by atoms with Crippen LogP contribution in [0.2, 0.25) is 0 Å². The lowest BCUT2D eigenvalue weighted by atomic mass is 9.79. The van der Waals surface area contributed by atoms with Crippen LogP contribution in [0.5, 0.6) is 0 Å². The number of nitrogens with one attached hydrogen (secondary N) is 2. The number of nitrogens with zero attached hydrogens (tertiary/aromatic N) is 2. The van der Waals surface area contributed by atoms with Crippen LogP contribution in [0.4, 0.5) is 0 Å². The molecule has 5 nitrogen and oxygen atoms in total. The molecular weight excluding hydrogens is 300 g/mol. The Morgan fingerprint density at radius 2 is 2.08 bits per heavy atom. The first-order valence-corrected chi connectivity index (χ1v) is 9.86. The van der Waals surface area contributed by atoms with E-state index in [0.717, 1.165) is 43.2 Å². The molecule has 6 atom stereocenters. The minimum Gasteiger partial charge on any atom is -0.348 e. The summed E-state index contributed by atoms with van der Waals surface area (Å²) in [6.45, 7) is 2.05. The maximum Gasteiger partial charge on any atom is 0.272 e. The summed E-state index contributed by atoms with van der Waals surface area (Å²) >= 11 is 0. The van der Waals surface area contributed by atoms with E-state index in [2.05, 4.69) is 15.7 Å². The second-order valence-electron chi connectivity index (χ2n) is 8.42. The molecule has 3 saturated carbocycles. The average Bonchev–Trinajstić information content (AvgIpc) is 3.36. The first-order valence-electron chi connectivity index (χ1n) is 9.86. The van der Waals surface area contributed by atoms with Crippen LogP contribution in [0.15, 0.2) is 12.3 Å². The van der Waals surface area contributed by atoms with Crippen molar-refractivity contribution in [2.24, 2.45) is 23.7 Å². The molecule has 5 heteroatoms. The van der Waals surface area contributed by atoms with Gasteiger partial charge in [-0.1, -0.05) is 6.42 Å². The van der Waals surface area contributed by atoms with Crippen LogP contribution in [-0.4, -0.2) is 34.8 Å². The van der Waals surface area contributed by atoms with Crippen LogP contribution in [0.1, 0.15) is 61.5 Å². The maximum atomic E-state index is 12.7. The third kappa shape index (κ3) is 2.40. The predicted molar refractivity (Wildman–Crippen MR) is 91.7 cm³/mol. The van der Waals surface area contributed by atoms with Crippen LogP contribution in [0.3, 0.4) is 0 Å². The highest BCUT2D eigenvalue weighted by molar-refractivity contribution is 5.92. The Morgan fingerprint density at radius 1 is 1.17 bits per heavy atom. The molecule has 1 aromatic heterocycles. The van der Waals surface area contributed by atoms with Crippen molar-refractivity contribution in [3.05, 3.63) is 18.0 Å².